The molecule has 3 aromatic rings. The van der Waals surface area contributed by atoms with Crippen LogP contribution in [0.15, 0.2) is 64.9 Å². The summed E-state index contributed by atoms with van der Waals surface area (Å²) >= 11 is 0. The van der Waals surface area contributed by atoms with Gasteiger partial charge < -0.3 is 24.5 Å². The lowest BCUT2D eigenvalue weighted by Gasteiger charge is -2.19. The van der Waals surface area contributed by atoms with Gasteiger partial charge in [-0.25, -0.2) is 0 Å². The largest absolute Gasteiger partial charge is 0.493 e. The van der Waals surface area contributed by atoms with E-state index in [1.54, 1.807) is 30.3 Å². The first-order chi connectivity index (χ1) is 15.8. The van der Waals surface area contributed by atoms with Crippen molar-refractivity contribution in [2.24, 2.45) is 0 Å². The lowest BCUT2D eigenvalue weighted by atomic mass is 10.00. The molecule has 0 fully saturated rings. The van der Waals surface area contributed by atoms with Crippen LogP contribution in [0, 0.1) is 13.8 Å². The molecule has 0 aliphatic carbocycles. The quantitative estimate of drug-likeness (QED) is 0.493. The van der Waals surface area contributed by atoms with Gasteiger partial charge in [-0.1, -0.05) is 23.8 Å². The number of furan rings is 1. The Hall–Kier alpha value is -4.00. The van der Waals surface area contributed by atoms with Gasteiger partial charge in [0.1, 0.15) is 11.5 Å². The van der Waals surface area contributed by atoms with Gasteiger partial charge in [-0.05, 0) is 62.2 Å². The first-order valence-corrected chi connectivity index (χ1v) is 10.5. The monoisotopic (exact) mass is 448 g/mol. The highest BCUT2D eigenvalue weighted by molar-refractivity contribution is 6.05. The zero-order valence-electron chi connectivity index (χ0n) is 19.4. The maximum Gasteiger partial charge on any atom is 0.268 e. The molecule has 1 aromatic heterocycles. The van der Waals surface area contributed by atoms with Crippen LogP contribution in [0.1, 0.15) is 45.8 Å². The van der Waals surface area contributed by atoms with Crippen LogP contribution in [0.25, 0.3) is 6.08 Å². The third-order valence-electron chi connectivity index (χ3n) is 5.22. The van der Waals surface area contributed by atoms with Crippen molar-refractivity contribution in [3.63, 3.8) is 0 Å². The normalized spacial score (nSPS) is 12.1. The molecule has 172 valence electrons. The van der Waals surface area contributed by atoms with E-state index in [2.05, 4.69) is 10.6 Å². The molecule has 0 aliphatic rings. The summed E-state index contributed by atoms with van der Waals surface area (Å²) < 4.78 is 15.8. The fourth-order valence-electron chi connectivity index (χ4n) is 3.42. The smallest absolute Gasteiger partial charge is 0.268 e. The van der Waals surface area contributed by atoms with E-state index in [0.29, 0.717) is 22.8 Å². The van der Waals surface area contributed by atoms with Crippen molar-refractivity contribution in [3.8, 4) is 11.5 Å². The van der Waals surface area contributed by atoms with Gasteiger partial charge in [-0.15, -0.1) is 0 Å². The summed E-state index contributed by atoms with van der Waals surface area (Å²) in [7, 11) is 3.01. The number of benzene rings is 2. The molecule has 7 heteroatoms. The number of carbonyl (C=O) groups is 2. The zero-order valence-corrected chi connectivity index (χ0v) is 19.4. The van der Waals surface area contributed by atoms with E-state index >= 15 is 0 Å². The molecule has 0 spiro atoms. The van der Waals surface area contributed by atoms with E-state index < -0.39 is 11.8 Å². The average Bonchev–Trinajstić information content (AvgIpc) is 3.32. The Morgan fingerprint density at radius 2 is 1.76 bits per heavy atom. The van der Waals surface area contributed by atoms with Crippen molar-refractivity contribution >= 4 is 17.9 Å². The van der Waals surface area contributed by atoms with Crippen LogP contribution < -0.4 is 20.1 Å². The Labute approximate surface area is 193 Å². The molecular weight excluding hydrogens is 420 g/mol. The minimum absolute atomic E-state index is 0.0573. The van der Waals surface area contributed by atoms with Gasteiger partial charge >= 0.3 is 0 Å². The predicted octanol–water partition coefficient (Wildman–Crippen LogP) is 4.56. The average molecular weight is 449 g/mol. The highest BCUT2D eigenvalue weighted by atomic mass is 16.5. The summed E-state index contributed by atoms with van der Waals surface area (Å²) in [5, 5.41) is 5.66. The third kappa shape index (κ3) is 5.83. The number of hydrogen-bond donors (Lipinski definition) is 2. The fraction of sp³-hybridized carbons (Fsp3) is 0.231. The Bertz CT molecular complexity index is 1170. The second-order valence-electron chi connectivity index (χ2n) is 7.65. The van der Waals surface area contributed by atoms with Crippen LogP contribution in [-0.4, -0.2) is 26.0 Å². The van der Waals surface area contributed by atoms with Crippen LogP contribution in [0.2, 0.25) is 0 Å². The van der Waals surface area contributed by atoms with Crippen LogP contribution in [-0.2, 0) is 4.79 Å². The second kappa shape index (κ2) is 10.5. The van der Waals surface area contributed by atoms with Crippen LogP contribution in [0.4, 0.5) is 0 Å². The van der Waals surface area contributed by atoms with Crippen LogP contribution in [0.3, 0.4) is 0 Å². The molecule has 0 saturated heterocycles. The van der Waals surface area contributed by atoms with Crippen molar-refractivity contribution < 1.29 is 23.5 Å². The van der Waals surface area contributed by atoms with Gasteiger partial charge in [-0.2, -0.15) is 0 Å². The van der Waals surface area contributed by atoms with Gasteiger partial charge in [0.15, 0.2) is 11.5 Å². The van der Waals surface area contributed by atoms with E-state index in [0.717, 1.165) is 16.7 Å². The molecule has 33 heavy (non-hydrogen) atoms. The lowest BCUT2D eigenvalue weighted by molar-refractivity contribution is -0.118. The Balaban J connectivity index is 1.85. The van der Waals surface area contributed by atoms with E-state index in [1.807, 2.05) is 39.0 Å². The number of methoxy groups -OCH3 is 2. The second-order valence-corrected chi connectivity index (χ2v) is 7.65. The van der Waals surface area contributed by atoms with Gasteiger partial charge in [0.25, 0.3) is 11.8 Å². The van der Waals surface area contributed by atoms with Crippen molar-refractivity contribution in [3.05, 3.63) is 88.5 Å². The maximum atomic E-state index is 13.2. The molecule has 2 amide bonds. The van der Waals surface area contributed by atoms with Crippen molar-refractivity contribution in [1.82, 2.24) is 10.6 Å². The van der Waals surface area contributed by atoms with Crippen molar-refractivity contribution in [2.45, 2.75) is 26.8 Å². The number of ether oxygens (including phenoxy) is 2. The zero-order chi connectivity index (χ0) is 24.0. The minimum atomic E-state index is -0.469. The van der Waals surface area contributed by atoms with E-state index in [-0.39, 0.29) is 11.7 Å². The van der Waals surface area contributed by atoms with E-state index in [4.69, 9.17) is 13.9 Å². The minimum Gasteiger partial charge on any atom is -0.493 e. The Kier molecular flexibility index (Phi) is 7.56. The number of nitrogens with one attached hydrogen (secondary N) is 2. The van der Waals surface area contributed by atoms with E-state index in [1.165, 1.54) is 26.6 Å². The summed E-state index contributed by atoms with van der Waals surface area (Å²) in [5.74, 6) is 0.444. The number of carbonyl (C=O) groups excluding carboxylic acids is 2. The highest BCUT2D eigenvalue weighted by Gasteiger charge is 2.19. The van der Waals surface area contributed by atoms with Crippen molar-refractivity contribution in [1.29, 1.82) is 0 Å². The number of aryl methyl sites for hydroxylation is 2. The first-order valence-electron chi connectivity index (χ1n) is 10.5. The van der Waals surface area contributed by atoms with Crippen LogP contribution in [0.5, 0.6) is 11.5 Å². The molecule has 0 aliphatic heterocycles. The maximum absolute atomic E-state index is 13.2. The molecule has 1 heterocycles. The van der Waals surface area contributed by atoms with Gasteiger partial charge in [0, 0.05) is 11.6 Å². The fourth-order valence-corrected chi connectivity index (χ4v) is 3.42. The third-order valence-corrected chi connectivity index (χ3v) is 5.22. The molecule has 0 bridgehead atoms. The van der Waals surface area contributed by atoms with Gasteiger partial charge in [-0.3, -0.25) is 9.59 Å². The van der Waals surface area contributed by atoms with Crippen molar-refractivity contribution in [2.75, 3.05) is 14.2 Å². The summed E-state index contributed by atoms with van der Waals surface area (Å²) in [6.45, 7) is 5.90. The summed E-state index contributed by atoms with van der Waals surface area (Å²) in [6.07, 6.45) is 2.99. The number of rotatable bonds is 8. The number of hydrogen-bond acceptors (Lipinski definition) is 5. The molecule has 2 N–H and O–H groups in total. The molecule has 1 unspecified atom stereocenters. The lowest BCUT2D eigenvalue weighted by Crippen LogP contribution is -2.36. The van der Waals surface area contributed by atoms with Gasteiger partial charge in [0.2, 0.25) is 0 Å². The predicted molar refractivity (Wildman–Crippen MR) is 126 cm³/mol. The molecule has 2 aromatic carbocycles. The molecule has 0 radical (unpaired) electrons. The molecule has 0 saturated carbocycles. The molecule has 1 atom stereocenters. The molecule has 3 rings (SSSR count). The summed E-state index contributed by atoms with van der Waals surface area (Å²) in [5.41, 5.74) is 3.55. The Morgan fingerprint density at radius 3 is 2.42 bits per heavy atom. The Morgan fingerprint density at radius 1 is 1.00 bits per heavy atom. The molecular formula is C26H28N2O5. The van der Waals surface area contributed by atoms with E-state index in [9.17, 15) is 9.59 Å². The van der Waals surface area contributed by atoms with Gasteiger partial charge in [0.05, 0.1) is 26.5 Å². The summed E-state index contributed by atoms with van der Waals surface area (Å²) in [4.78, 5) is 26.1. The first kappa shape index (κ1) is 23.7. The van der Waals surface area contributed by atoms with Crippen LogP contribution >= 0.6 is 0 Å². The standard InChI is InChI=1S/C26H28N2O5/c1-16-8-9-17(2)21(13-16)18(3)27-26(30)22(15-20-7-6-12-33-20)28-25(29)19-10-11-23(31-4)24(14-19)32-5/h6-15,18H,1-5H3,(H,27,30)(H,28,29)/b22-15-. The summed E-state index contributed by atoms with van der Waals surface area (Å²) in [6, 6.07) is 14.0. The molecule has 7 nitrogen and oxygen atoms in total. The number of amides is 2. The SMILES string of the molecule is COc1ccc(C(=O)N/C(=C\c2ccco2)C(=O)NC(C)c2cc(C)ccc2C)cc1OC. The topological polar surface area (TPSA) is 89.8 Å². The highest BCUT2D eigenvalue weighted by Crippen LogP contribution is 2.27.